The highest BCUT2D eigenvalue weighted by molar-refractivity contribution is 5.79. The molecule has 0 aromatic heterocycles. The van der Waals surface area contributed by atoms with Gasteiger partial charge in [-0.3, -0.25) is 9.59 Å². The number of unbranched alkanes of at least 4 members (excludes halogenated alkanes) is 11. The van der Waals surface area contributed by atoms with Gasteiger partial charge in [-0.05, 0) is 48.6 Å². The highest BCUT2D eigenvalue weighted by atomic mass is 19.1. The molecule has 2 aromatic carbocycles. The summed E-state index contributed by atoms with van der Waals surface area (Å²) in [5, 5.41) is 59.5. The zero-order valence-electron chi connectivity index (χ0n) is 32.4. The summed E-state index contributed by atoms with van der Waals surface area (Å²) in [6.45, 7) is 5.09. The number of hydrogen-bond acceptors (Lipinski definition) is 9. The first kappa shape index (κ1) is 45.4. The molecule has 8 atom stereocenters. The molecular formula is C42H65FN2O9. The average Bonchev–Trinajstić information content (AvgIpc) is 3.15. The average molecular weight is 761 g/mol. The van der Waals surface area contributed by atoms with Crippen LogP contribution >= 0.6 is 0 Å². The first-order valence-electron chi connectivity index (χ1n) is 19.9. The van der Waals surface area contributed by atoms with Gasteiger partial charge in [-0.2, -0.15) is 0 Å². The van der Waals surface area contributed by atoms with Crippen LogP contribution in [0.3, 0.4) is 0 Å². The number of halogens is 1. The van der Waals surface area contributed by atoms with E-state index in [2.05, 4.69) is 17.6 Å². The molecule has 1 aliphatic heterocycles. The number of carbonyl (C=O) groups excluding carboxylic acids is 2. The van der Waals surface area contributed by atoms with Gasteiger partial charge >= 0.3 is 0 Å². The van der Waals surface area contributed by atoms with Crippen LogP contribution in [-0.2, 0) is 31.9 Å². The van der Waals surface area contributed by atoms with Crippen LogP contribution in [0.25, 0.3) is 0 Å². The van der Waals surface area contributed by atoms with Gasteiger partial charge in [0.2, 0.25) is 11.8 Å². The van der Waals surface area contributed by atoms with Crippen LogP contribution in [-0.4, -0.2) is 99.5 Å². The van der Waals surface area contributed by atoms with Gasteiger partial charge in [-0.15, -0.1) is 0 Å². The molecule has 0 bridgehead atoms. The summed E-state index contributed by atoms with van der Waals surface area (Å²) in [6.07, 6.45) is 3.72. The molecule has 2 aromatic rings. The maximum Gasteiger partial charge on any atom is 0.224 e. The molecule has 0 radical (unpaired) electrons. The molecule has 1 aliphatic rings. The molecule has 0 spiro atoms. The van der Waals surface area contributed by atoms with Crippen molar-refractivity contribution in [2.24, 2.45) is 0 Å². The maximum atomic E-state index is 14.2. The van der Waals surface area contributed by atoms with Crippen LogP contribution in [0, 0.1) is 19.7 Å². The van der Waals surface area contributed by atoms with Crippen molar-refractivity contribution in [3.05, 3.63) is 70.5 Å². The zero-order chi connectivity index (χ0) is 39.5. The fourth-order valence-electron chi connectivity index (χ4n) is 6.73. The second-order valence-electron chi connectivity index (χ2n) is 14.9. The zero-order valence-corrected chi connectivity index (χ0v) is 32.4. The lowest BCUT2D eigenvalue weighted by molar-refractivity contribution is -0.297. The molecule has 3 rings (SSSR count). The minimum atomic E-state index is -1.70. The SMILES string of the molecule is CCCCCCCCCCCCCC[C@@H](O)[C@@H](O)[C@H](CO[C@H]1OC(CNC(=O)Cc2ccccc2C)[C@H](O)C(O)[C@@H]1O)NC(=O)Cc1ccc(C)c(F)c1. The van der Waals surface area contributed by atoms with Crippen molar-refractivity contribution in [3.8, 4) is 0 Å². The minimum absolute atomic E-state index is 0.0939. The van der Waals surface area contributed by atoms with E-state index in [-0.39, 0.29) is 31.7 Å². The lowest BCUT2D eigenvalue weighted by Gasteiger charge is -2.41. The Hall–Kier alpha value is -2.97. The summed E-state index contributed by atoms with van der Waals surface area (Å²) in [5.74, 6) is -1.35. The van der Waals surface area contributed by atoms with Crippen LogP contribution in [0.2, 0.25) is 0 Å². The van der Waals surface area contributed by atoms with Crippen molar-refractivity contribution in [1.82, 2.24) is 10.6 Å². The van der Waals surface area contributed by atoms with Crippen LogP contribution < -0.4 is 10.6 Å². The molecule has 1 heterocycles. The van der Waals surface area contributed by atoms with Crippen molar-refractivity contribution in [3.63, 3.8) is 0 Å². The van der Waals surface area contributed by atoms with E-state index in [9.17, 15) is 39.5 Å². The third-order valence-corrected chi connectivity index (χ3v) is 10.3. The third-order valence-electron chi connectivity index (χ3n) is 10.3. The first-order chi connectivity index (χ1) is 25.9. The Labute approximate surface area is 320 Å². The summed E-state index contributed by atoms with van der Waals surface area (Å²) in [5.41, 5.74) is 2.63. The molecule has 304 valence electrons. The van der Waals surface area contributed by atoms with Gasteiger partial charge in [0.15, 0.2) is 6.29 Å². The fourth-order valence-corrected chi connectivity index (χ4v) is 6.73. The quantitative estimate of drug-likeness (QED) is 0.0720. The summed E-state index contributed by atoms with van der Waals surface area (Å²) >= 11 is 0. The molecular weight excluding hydrogens is 695 g/mol. The number of aliphatic hydroxyl groups excluding tert-OH is 5. The lowest BCUT2D eigenvalue weighted by Crippen LogP contribution is -2.61. The number of ether oxygens (including phenoxy) is 2. The molecule has 2 unspecified atom stereocenters. The Balaban J connectivity index is 1.55. The number of aryl methyl sites for hydroxylation is 2. The monoisotopic (exact) mass is 760 g/mol. The third kappa shape index (κ3) is 15.6. The predicted octanol–water partition coefficient (Wildman–Crippen LogP) is 4.47. The number of nitrogens with one attached hydrogen (secondary N) is 2. The van der Waals surface area contributed by atoms with E-state index >= 15 is 0 Å². The molecule has 11 nitrogen and oxygen atoms in total. The van der Waals surface area contributed by atoms with E-state index in [1.807, 2.05) is 31.2 Å². The Bertz CT molecular complexity index is 1400. The molecule has 0 aliphatic carbocycles. The molecule has 1 saturated heterocycles. The Morgan fingerprint density at radius 1 is 0.796 bits per heavy atom. The molecule has 1 fully saturated rings. The van der Waals surface area contributed by atoms with E-state index in [4.69, 9.17) is 9.47 Å². The molecule has 7 N–H and O–H groups in total. The van der Waals surface area contributed by atoms with Gasteiger partial charge in [-0.25, -0.2) is 4.39 Å². The smallest absolute Gasteiger partial charge is 0.224 e. The van der Waals surface area contributed by atoms with E-state index in [0.717, 1.165) is 30.4 Å². The number of hydrogen-bond donors (Lipinski definition) is 7. The highest BCUT2D eigenvalue weighted by Gasteiger charge is 2.45. The van der Waals surface area contributed by atoms with E-state index in [0.29, 0.717) is 17.5 Å². The van der Waals surface area contributed by atoms with E-state index in [1.54, 1.807) is 19.1 Å². The standard InChI is InChI=1S/C42H65FN2O9/c1-4-5-6-7-8-9-10-11-12-13-14-15-20-34(46)38(49)33(45-37(48)24-30-22-21-29(3)32(43)23-30)27-53-42-41(52)40(51)39(50)35(54-42)26-44-36(47)25-31-19-17-16-18-28(31)2/h16-19,21-23,33-35,38-42,46,49-52H,4-15,20,24-27H2,1-3H3,(H,44,47)(H,45,48)/t33-,34+,35?,38-,39-,40?,41-,42-/m0/s1. The van der Waals surface area contributed by atoms with Crippen molar-refractivity contribution >= 4 is 11.8 Å². The van der Waals surface area contributed by atoms with Gasteiger partial charge in [0, 0.05) is 6.54 Å². The molecule has 12 heteroatoms. The van der Waals surface area contributed by atoms with Crippen LogP contribution in [0.5, 0.6) is 0 Å². The normalized spacial score (nSPS) is 21.7. The minimum Gasteiger partial charge on any atom is -0.390 e. The predicted molar refractivity (Wildman–Crippen MR) is 205 cm³/mol. The maximum absolute atomic E-state index is 14.2. The number of benzene rings is 2. The van der Waals surface area contributed by atoms with E-state index in [1.165, 1.54) is 57.4 Å². The van der Waals surface area contributed by atoms with Gasteiger partial charge in [0.05, 0.1) is 31.6 Å². The van der Waals surface area contributed by atoms with Crippen molar-refractivity contribution in [1.29, 1.82) is 0 Å². The second kappa shape index (κ2) is 24.5. The van der Waals surface area contributed by atoms with Crippen LogP contribution in [0.15, 0.2) is 42.5 Å². The Morgan fingerprint density at radius 2 is 1.43 bits per heavy atom. The molecule has 54 heavy (non-hydrogen) atoms. The lowest BCUT2D eigenvalue weighted by atomic mass is 9.98. The van der Waals surface area contributed by atoms with Crippen molar-refractivity contribution in [2.75, 3.05) is 13.2 Å². The van der Waals surface area contributed by atoms with Crippen molar-refractivity contribution < 1.29 is 49.0 Å². The number of carbonyl (C=O) groups is 2. The van der Waals surface area contributed by atoms with Crippen LogP contribution in [0.1, 0.15) is 113 Å². The summed E-state index contributed by atoms with van der Waals surface area (Å²) in [4.78, 5) is 25.8. The summed E-state index contributed by atoms with van der Waals surface area (Å²) in [6, 6.07) is 10.7. The van der Waals surface area contributed by atoms with E-state index < -0.39 is 67.3 Å². The molecule has 2 amide bonds. The first-order valence-corrected chi connectivity index (χ1v) is 19.9. The van der Waals surface area contributed by atoms with Gasteiger partial charge < -0.3 is 45.6 Å². The fraction of sp³-hybridized carbons (Fsp3) is 0.667. The number of rotatable bonds is 25. The number of amides is 2. The Kier molecular flexibility index (Phi) is 20.6. The highest BCUT2D eigenvalue weighted by Crippen LogP contribution is 2.23. The topological polar surface area (TPSA) is 178 Å². The second-order valence-corrected chi connectivity index (χ2v) is 14.9. The summed E-state index contributed by atoms with van der Waals surface area (Å²) in [7, 11) is 0. The van der Waals surface area contributed by atoms with Gasteiger partial charge in [-0.1, -0.05) is 120 Å². The van der Waals surface area contributed by atoms with Crippen molar-refractivity contribution in [2.45, 2.75) is 166 Å². The largest absolute Gasteiger partial charge is 0.390 e. The summed E-state index contributed by atoms with van der Waals surface area (Å²) < 4.78 is 25.7. The van der Waals surface area contributed by atoms with Gasteiger partial charge in [0.1, 0.15) is 36.3 Å². The van der Waals surface area contributed by atoms with Crippen LogP contribution in [0.4, 0.5) is 4.39 Å². The Morgan fingerprint density at radius 3 is 2.06 bits per heavy atom. The molecule has 0 saturated carbocycles. The van der Waals surface area contributed by atoms with Gasteiger partial charge in [0.25, 0.3) is 0 Å². The number of aliphatic hydroxyl groups is 5.